The summed E-state index contributed by atoms with van der Waals surface area (Å²) < 4.78 is 0. The van der Waals surface area contributed by atoms with Gasteiger partial charge in [-0.25, -0.2) is 0 Å². The van der Waals surface area contributed by atoms with Gasteiger partial charge in [-0.2, -0.15) is 9.90 Å². The van der Waals surface area contributed by atoms with Crippen molar-refractivity contribution in [1.29, 1.82) is 0 Å². The fourth-order valence-electron chi connectivity index (χ4n) is 2.42. The van der Waals surface area contributed by atoms with Crippen LogP contribution in [0.5, 0.6) is 0 Å². The maximum Gasteiger partial charge on any atom is 0.276 e. The van der Waals surface area contributed by atoms with Gasteiger partial charge in [0.05, 0.1) is 6.20 Å². The first-order valence-corrected chi connectivity index (χ1v) is 6.86. The minimum absolute atomic E-state index is 0.00203. The Labute approximate surface area is 118 Å². The van der Waals surface area contributed by atoms with Crippen molar-refractivity contribution in [3.63, 3.8) is 0 Å². The normalized spacial score (nSPS) is 19.9. The van der Waals surface area contributed by atoms with E-state index >= 15 is 0 Å². The molecule has 7 heteroatoms. The van der Waals surface area contributed by atoms with Crippen LogP contribution in [0.15, 0.2) is 6.20 Å². The van der Waals surface area contributed by atoms with Crippen LogP contribution >= 0.6 is 0 Å². The molecule has 0 bridgehead atoms. The Hall–Kier alpha value is -1.92. The van der Waals surface area contributed by atoms with Gasteiger partial charge in [-0.15, -0.1) is 5.10 Å². The molecule has 0 aliphatic carbocycles. The molecule has 2 heterocycles. The molecule has 1 atom stereocenters. The van der Waals surface area contributed by atoms with Crippen molar-refractivity contribution in [2.75, 3.05) is 19.6 Å². The van der Waals surface area contributed by atoms with Gasteiger partial charge in [0.25, 0.3) is 5.91 Å². The monoisotopic (exact) mass is 279 g/mol. The van der Waals surface area contributed by atoms with E-state index in [9.17, 15) is 9.59 Å². The van der Waals surface area contributed by atoms with Crippen LogP contribution in [-0.2, 0) is 11.8 Å². The first-order valence-electron chi connectivity index (χ1n) is 6.86. The quantitative estimate of drug-likeness (QED) is 0.789. The summed E-state index contributed by atoms with van der Waals surface area (Å²) in [6.45, 7) is 7.77. The minimum Gasteiger partial charge on any atom is -0.339 e. The van der Waals surface area contributed by atoms with E-state index in [0.717, 1.165) is 6.54 Å². The SMILES string of the molecule is CC(C)CN1CCN(C(=O)c2cnn(C)n2)C(C)C1=O. The lowest BCUT2D eigenvalue weighted by Gasteiger charge is -2.39. The van der Waals surface area contributed by atoms with Crippen LogP contribution < -0.4 is 0 Å². The summed E-state index contributed by atoms with van der Waals surface area (Å²) in [5, 5.41) is 7.90. The Bertz CT molecular complexity index is 511. The van der Waals surface area contributed by atoms with Gasteiger partial charge in [0.1, 0.15) is 6.04 Å². The summed E-state index contributed by atoms with van der Waals surface area (Å²) in [7, 11) is 1.66. The van der Waals surface area contributed by atoms with Gasteiger partial charge >= 0.3 is 0 Å². The van der Waals surface area contributed by atoms with Crippen LogP contribution in [0.25, 0.3) is 0 Å². The maximum absolute atomic E-state index is 12.3. The molecule has 20 heavy (non-hydrogen) atoms. The van der Waals surface area contributed by atoms with E-state index in [2.05, 4.69) is 24.0 Å². The summed E-state index contributed by atoms with van der Waals surface area (Å²) >= 11 is 0. The fourth-order valence-corrected chi connectivity index (χ4v) is 2.42. The number of rotatable bonds is 3. The number of aromatic nitrogens is 3. The van der Waals surface area contributed by atoms with Gasteiger partial charge in [0.15, 0.2) is 5.69 Å². The molecule has 2 rings (SSSR count). The molecule has 0 aromatic carbocycles. The van der Waals surface area contributed by atoms with Gasteiger partial charge in [-0.3, -0.25) is 9.59 Å². The van der Waals surface area contributed by atoms with Gasteiger partial charge in [-0.05, 0) is 12.8 Å². The van der Waals surface area contributed by atoms with Crippen molar-refractivity contribution < 1.29 is 9.59 Å². The Morgan fingerprint density at radius 3 is 2.70 bits per heavy atom. The third-order valence-corrected chi connectivity index (χ3v) is 3.41. The zero-order valence-electron chi connectivity index (χ0n) is 12.4. The Morgan fingerprint density at radius 2 is 2.15 bits per heavy atom. The third-order valence-electron chi connectivity index (χ3n) is 3.41. The lowest BCUT2D eigenvalue weighted by molar-refractivity contribution is -0.140. The Morgan fingerprint density at radius 1 is 1.45 bits per heavy atom. The van der Waals surface area contributed by atoms with Crippen LogP contribution in [0.4, 0.5) is 0 Å². The standard InChI is InChI=1S/C13H21N5O2/c1-9(2)8-17-5-6-18(10(3)12(17)19)13(20)11-7-14-16(4)15-11/h7,9-10H,5-6,8H2,1-4H3. The molecule has 1 aliphatic heterocycles. The van der Waals surface area contributed by atoms with Crippen molar-refractivity contribution in [3.05, 3.63) is 11.9 Å². The summed E-state index contributed by atoms with van der Waals surface area (Å²) in [5.41, 5.74) is 0.282. The number of amides is 2. The molecule has 1 aromatic rings. The van der Waals surface area contributed by atoms with Crippen molar-refractivity contribution >= 4 is 11.8 Å². The van der Waals surface area contributed by atoms with E-state index in [1.807, 2.05) is 4.90 Å². The number of carbonyl (C=O) groups excluding carboxylic acids is 2. The Kier molecular flexibility index (Phi) is 4.06. The van der Waals surface area contributed by atoms with E-state index in [1.165, 1.54) is 11.0 Å². The first-order chi connectivity index (χ1) is 9.40. The van der Waals surface area contributed by atoms with Crippen molar-refractivity contribution in [1.82, 2.24) is 24.8 Å². The van der Waals surface area contributed by atoms with E-state index in [1.54, 1.807) is 18.9 Å². The van der Waals surface area contributed by atoms with Gasteiger partial charge in [0, 0.05) is 26.7 Å². The average molecular weight is 279 g/mol. The van der Waals surface area contributed by atoms with E-state index in [-0.39, 0.29) is 17.5 Å². The second kappa shape index (κ2) is 5.60. The molecular weight excluding hydrogens is 258 g/mol. The predicted octanol–water partition coefficient (Wildman–Crippen LogP) is 0.144. The average Bonchev–Trinajstić information content (AvgIpc) is 2.81. The number of aryl methyl sites for hydroxylation is 1. The molecule has 0 N–H and O–H groups in total. The van der Waals surface area contributed by atoms with Crippen molar-refractivity contribution in [2.24, 2.45) is 13.0 Å². The molecule has 2 amide bonds. The molecular formula is C13H21N5O2. The number of piperazine rings is 1. The third kappa shape index (κ3) is 2.81. The smallest absolute Gasteiger partial charge is 0.276 e. The molecule has 7 nitrogen and oxygen atoms in total. The number of hydrogen-bond donors (Lipinski definition) is 0. The van der Waals surface area contributed by atoms with E-state index in [0.29, 0.717) is 19.0 Å². The molecule has 110 valence electrons. The summed E-state index contributed by atoms with van der Waals surface area (Å²) in [6.07, 6.45) is 1.43. The first kappa shape index (κ1) is 14.5. The number of hydrogen-bond acceptors (Lipinski definition) is 4. The summed E-state index contributed by atoms with van der Waals surface area (Å²) in [6, 6.07) is -0.447. The molecule has 1 aliphatic rings. The maximum atomic E-state index is 12.3. The van der Waals surface area contributed by atoms with Crippen LogP contribution in [0.3, 0.4) is 0 Å². The topological polar surface area (TPSA) is 71.3 Å². The fraction of sp³-hybridized carbons (Fsp3) is 0.692. The van der Waals surface area contributed by atoms with Crippen LogP contribution in [0.2, 0.25) is 0 Å². The molecule has 1 saturated heterocycles. The van der Waals surface area contributed by atoms with E-state index in [4.69, 9.17) is 0 Å². The molecule has 0 radical (unpaired) electrons. The lowest BCUT2D eigenvalue weighted by Crippen LogP contribution is -2.58. The molecule has 1 fully saturated rings. The van der Waals surface area contributed by atoms with Crippen molar-refractivity contribution in [3.8, 4) is 0 Å². The van der Waals surface area contributed by atoms with Gasteiger partial charge in [0.2, 0.25) is 5.91 Å². The minimum atomic E-state index is -0.447. The zero-order valence-corrected chi connectivity index (χ0v) is 12.4. The molecule has 1 unspecified atom stereocenters. The predicted molar refractivity (Wildman–Crippen MR) is 72.9 cm³/mol. The second-order valence-electron chi connectivity index (χ2n) is 5.57. The summed E-state index contributed by atoms with van der Waals surface area (Å²) in [4.78, 5) is 29.4. The number of carbonyl (C=O) groups is 2. The second-order valence-corrected chi connectivity index (χ2v) is 5.57. The lowest BCUT2D eigenvalue weighted by atomic mass is 10.1. The van der Waals surface area contributed by atoms with Gasteiger partial charge < -0.3 is 9.80 Å². The van der Waals surface area contributed by atoms with Gasteiger partial charge in [-0.1, -0.05) is 13.8 Å². The van der Waals surface area contributed by atoms with Crippen LogP contribution in [0, 0.1) is 5.92 Å². The zero-order chi connectivity index (χ0) is 14.9. The highest BCUT2D eigenvalue weighted by molar-refractivity contribution is 5.96. The summed E-state index contributed by atoms with van der Waals surface area (Å²) in [5.74, 6) is 0.193. The highest BCUT2D eigenvalue weighted by Crippen LogP contribution is 2.15. The molecule has 0 spiro atoms. The highest BCUT2D eigenvalue weighted by atomic mass is 16.2. The van der Waals surface area contributed by atoms with Crippen molar-refractivity contribution in [2.45, 2.75) is 26.8 Å². The molecule has 0 saturated carbocycles. The van der Waals surface area contributed by atoms with Crippen LogP contribution in [0.1, 0.15) is 31.3 Å². The Balaban J connectivity index is 2.08. The molecule has 1 aromatic heterocycles. The number of nitrogens with zero attached hydrogens (tertiary/aromatic N) is 5. The highest BCUT2D eigenvalue weighted by Gasteiger charge is 2.35. The van der Waals surface area contributed by atoms with E-state index < -0.39 is 6.04 Å². The van der Waals surface area contributed by atoms with Crippen LogP contribution in [-0.4, -0.2) is 62.3 Å². The largest absolute Gasteiger partial charge is 0.339 e.